The van der Waals surface area contributed by atoms with Gasteiger partial charge in [0.15, 0.2) is 0 Å². The fourth-order valence-electron chi connectivity index (χ4n) is 1.29. The predicted octanol–water partition coefficient (Wildman–Crippen LogP) is 0.853. The molecule has 0 saturated heterocycles. The number of pyridine rings is 1. The minimum absolute atomic E-state index is 0.0104. The average molecular weight is 298 g/mol. The normalized spacial score (nSPS) is 14.2. The highest BCUT2D eigenvalue weighted by atomic mass is 79.9. The molecule has 2 amide bonds. The maximum absolute atomic E-state index is 11.6. The second-order valence-corrected chi connectivity index (χ2v) is 4.68. The summed E-state index contributed by atoms with van der Waals surface area (Å²) in [5, 5.41) is 5.31. The summed E-state index contributed by atoms with van der Waals surface area (Å²) in [6.07, 6.45) is 2.07. The van der Waals surface area contributed by atoms with E-state index in [0.717, 1.165) is 12.8 Å². The maximum Gasteiger partial charge on any atom is 0.270 e. The molecule has 6 heteroatoms. The van der Waals surface area contributed by atoms with Gasteiger partial charge in [0.25, 0.3) is 5.91 Å². The summed E-state index contributed by atoms with van der Waals surface area (Å²) in [7, 11) is 0. The van der Waals surface area contributed by atoms with Crippen LogP contribution in [-0.2, 0) is 4.79 Å². The standard InChI is InChI=1S/C11H12BrN3O2/c12-9-3-1-2-8(15-9)11(17)13-6-10(16)14-7-4-5-7/h1-3,7H,4-6H2,(H,13,17)(H,14,16). The first-order valence-electron chi connectivity index (χ1n) is 5.35. The molecule has 2 rings (SSSR count). The third-order valence-corrected chi connectivity index (χ3v) is 2.74. The van der Waals surface area contributed by atoms with E-state index in [0.29, 0.717) is 16.3 Å². The first-order chi connectivity index (χ1) is 8.15. The minimum Gasteiger partial charge on any atom is -0.352 e. The van der Waals surface area contributed by atoms with Crippen molar-refractivity contribution >= 4 is 27.7 Å². The van der Waals surface area contributed by atoms with Crippen molar-refractivity contribution in [3.8, 4) is 0 Å². The summed E-state index contributed by atoms with van der Waals surface area (Å²) < 4.78 is 0.590. The van der Waals surface area contributed by atoms with Crippen LogP contribution < -0.4 is 10.6 Å². The molecule has 17 heavy (non-hydrogen) atoms. The molecule has 0 atom stereocenters. The van der Waals surface area contributed by atoms with Gasteiger partial charge >= 0.3 is 0 Å². The molecular weight excluding hydrogens is 286 g/mol. The van der Waals surface area contributed by atoms with Crippen LogP contribution in [0.25, 0.3) is 0 Å². The van der Waals surface area contributed by atoms with E-state index in [9.17, 15) is 9.59 Å². The summed E-state index contributed by atoms with van der Waals surface area (Å²) in [6.45, 7) is -0.0104. The molecule has 1 aromatic heterocycles. The quantitative estimate of drug-likeness (QED) is 0.810. The Bertz CT molecular complexity index is 446. The van der Waals surface area contributed by atoms with Gasteiger partial charge in [-0.25, -0.2) is 4.98 Å². The number of nitrogens with one attached hydrogen (secondary N) is 2. The van der Waals surface area contributed by atoms with Crippen molar-refractivity contribution < 1.29 is 9.59 Å². The van der Waals surface area contributed by atoms with Crippen LogP contribution >= 0.6 is 15.9 Å². The Labute approximate surface area is 107 Å². The molecule has 1 heterocycles. The molecule has 1 aromatic rings. The Kier molecular flexibility index (Phi) is 3.73. The third-order valence-electron chi connectivity index (χ3n) is 2.30. The summed E-state index contributed by atoms with van der Waals surface area (Å²) in [4.78, 5) is 27.0. The highest BCUT2D eigenvalue weighted by Crippen LogP contribution is 2.18. The molecule has 1 fully saturated rings. The van der Waals surface area contributed by atoms with E-state index in [1.54, 1.807) is 18.2 Å². The zero-order chi connectivity index (χ0) is 12.3. The molecule has 1 aliphatic carbocycles. The van der Waals surface area contributed by atoms with Crippen molar-refractivity contribution in [2.45, 2.75) is 18.9 Å². The van der Waals surface area contributed by atoms with E-state index < -0.39 is 0 Å². The topological polar surface area (TPSA) is 71.1 Å². The second kappa shape index (κ2) is 5.27. The summed E-state index contributed by atoms with van der Waals surface area (Å²) in [5.41, 5.74) is 0.290. The number of aromatic nitrogens is 1. The van der Waals surface area contributed by atoms with Gasteiger partial charge in [-0.2, -0.15) is 0 Å². The van der Waals surface area contributed by atoms with Crippen molar-refractivity contribution in [3.63, 3.8) is 0 Å². The van der Waals surface area contributed by atoms with Gasteiger partial charge < -0.3 is 10.6 Å². The van der Waals surface area contributed by atoms with E-state index in [-0.39, 0.29) is 18.4 Å². The first-order valence-corrected chi connectivity index (χ1v) is 6.14. The molecule has 0 spiro atoms. The molecule has 1 saturated carbocycles. The smallest absolute Gasteiger partial charge is 0.270 e. The predicted molar refractivity (Wildman–Crippen MR) is 65.4 cm³/mol. The van der Waals surface area contributed by atoms with Crippen LogP contribution in [-0.4, -0.2) is 29.4 Å². The second-order valence-electron chi connectivity index (χ2n) is 3.87. The van der Waals surface area contributed by atoms with Gasteiger partial charge in [-0.05, 0) is 40.9 Å². The van der Waals surface area contributed by atoms with Crippen LogP contribution in [0.1, 0.15) is 23.3 Å². The van der Waals surface area contributed by atoms with E-state index >= 15 is 0 Å². The van der Waals surface area contributed by atoms with E-state index in [1.165, 1.54) is 0 Å². The molecule has 0 unspecified atom stereocenters. The Morgan fingerprint density at radius 1 is 1.41 bits per heavy atom. The average Bonchev–Trinajstić information content (AvgIpc) is 3.10. The third kappa shape index (κ3) is 3.81. The lowest BCUT2D eigenvalue weighted by atomic mass is 10.3. The van der Waals surface area contributed by atoms with Crippen LogP contribution in [0.5, 0.6) is 0 Å². The number of carbonyl (C=O) groups is 2. The van der Waals surface area contributed by atoms with Gasteiger partial charge in [0, 0.05) is 6.04 Å². The number of hydrogen-bond acceptors (Lipinski definition) is 3. The minimum atomic E-state index is -0.350. The molecule has 0 radical (unpaired) electrons. The van der Waals surface area contributed by atoms with Crippen molar-refractivity contribution in [2.75, 3.05) is 6.54 Å². The largest absolute Gasteiger partial charge is 0.352 e. The lowest BCUT2D eigenvalue weighted by molar-refractivity contribution is -0.120. The maximum atomic E-state index is 11.6. The zero-order valence-electron chi connectivity index (χ0n) is 9.07. The molecule has 2 N–H and O–H groups in total. The van der Waals surface area contributed by atoms with Crippen LogP contribution in [0.3, 0.4) is 0 Å². The molecule has 90 valence electrons. The Morgan fingerprint density at radius 2 is 2.18 bits per heavy atom. The number of amides is 2. The van der Waals surface area contributed by atoms with Crippen LogP contribution in [0, 0.1) is 0 Å². The van der Waals surface area contributed by atoms with E-state index in [4.69, 9.17) is 0 Å². The molecular formula is C11H12BrN3O2. The summed E-state index contributed by atoms with van der Waals surface area (Å²) in [6, 6.07) is 5.36. The van der Waals surface area contributed by atoms with Crippen molar-refractivity contribution in [3.05, 3.63) is 28.5 Å². The lowest BCUT2D eigenvalue weighted by Crippen LogP contribution is -2.38. The van der Waals surface area contributed by atoms with Crippen molar-refractivity contribution in [2.24, 2.45) is 0 Å². The van der Waals surface area contributed by atoms with Crippen molar-refractivity contribution in [1.29, 1.82) is 0 Å². The van der Waals surface area contributed by atoms with Gasteiger partial charge in [0.1, 0.15) is 10.3 Å². The Morgan fingerprint density at radius 3 is 2.82 bits per heavy atom. The van der Waals surface area contributed by atoms with Gasteiger partial charge in [0.2, 0.25) is 5.91 Å². The molecule has 5 nitrogen and oxygen atoms in total. The molecule has 0 bridgehead atoms. The molecule has 0 aliphatic heterocycles. The lowest BCUT2D eigenvalue weighted by Gasteiger charge is -2.05. The first kappa shape index (κ1) is 12.0. The SMILES string of the molecule is O=C(CNC(=O)c1cccc(Br)n1)NC1CC1. The summed E-state index contributed by atoms with van der Waals surface area (Å²) >= 11 is 3.18. The fraction of sp³-hybridized carbons (Fsp3) is 0.364. The highest BCUT2D eigenvalue weighted by molar-refractivity contribution is 9.10. The van der Waals surface area contributed by atoms with Gasteiger partial charge in [-0.15, -0.1) is 0 Å². The monoisotopic (exact) mass is 297 g/mol. The van der Waals surface area contributed by atoms with Crippen LogP contribution in [0.15, 0.2) is 22.8 Å². The van der Waals surface area contributed by atoms with Crippen LogP contribution in [0.4, 0.5) is 0 Å². The van der Waals surface area contributed by atoms with Crippen LogP contribution in [0.2, 0.25) is 0 Å². The number of hydrogen-bond donors (Lipinski definition) is 2. The highest BCUT2D eigenvalue weighted by Gasteiger charge is 2.23. The Balaban J connectivity index is 1.82. The summed E-state index contributed by atoms with van der Waals surface area (Å²) in [5.74, 6) is -0.506. The fourth-order valence-corrected chi connectivity index (χ4v) is 1.64. The van der Waals surface area contributed by atoms with Gasteiger partial charge in [-0.1, -0.05) is 6.07 Å². The van der Waals surface area contributed by atoms with E-state index in [2.05, 4.69) is 31.5 Å². The Hall–Kier alpha value is -1.43. The number of rotatable bonds is 4. The van der Waals surface area contributed by atoms with Gasteiger partial charge in [0.05, 0.1) is 6.54 Å². The number of carbonyl (C=O) groups excluding carboxylic acids is 2. The molecule has 1 aliphatic rings. The van der Waals surface area contributed by atoms with Crippen molar-refractivity contribution in [1.82, 2.24) is 15.6 Å². The zero-order valence-corrected chi connectivity index (χ0v) is 10.7. The molecule has 0 aromatic carbocycles. The number of nitrogens with zero attached hydrogens (tertiary/aromatic N) is 1. The van der Waals surface area contributed by atoms with Gasteiger partial charge in [-0.3, -0.25) is 9.59 Å². The number of halogens is 1. The van der Waals surface area contributed by atoms with E-state index in [1.807, 2.05) is 0 Å².